The van der Waals surface area contributed by atoms with Gasteiger partial charge in [-0.3, -0.25) is 10.2 Å². The minimum absolute atomic E-state index is 0.0761. The first kappa shape index (κ1) is 22.2. The van der Waals surface area contributed by atoms with Gasteiger partial charge in [-0.1, -0.05) is 12.1 Å². The second-order valence-electron chi connectivity index (χ2n) is 5.89. The summed E-state index contributed by atoms with van der Waals surface area (Å²) in [5.41, 5.74) is 2.83. The Morgan fingerprint density at radius 3 is 2.90 bits per heavy atom. The van der Waals surface area contributed by atoms with E-state index in [-0.39, 0.29) is 18.1 Å². The molecule has 0 atom stereocenters. The first-order valence-electron chi connectivity index (χ1n) is 8.90. The van der Waals surface area contributed by atoms with Crippen LogP contribution in [0, 0.1) is 0 Å². The van der Waals surface area contributed by atoms with Crippen molar-refractivity contribution in [1.82, 2.24) is 15.0 Å². The number of alkyl halides is 3. The Kier molecular flexibility index (Phi) is 7.13. The molecule has 2 heterocycles. The Morgan fingerprint density at radius 1 is 1.29 bits per heavy atom. The number of carbonyl (C=O) groups excluding carboxylic acids is 1. The van der Waals surface area contributed by atoms with E-state index in [1.807, 2.05) is 0 Å². The largest absolute Gasteiger partial charge is 0.466 e. The summed E-state index contributed by atoms with van der Waals surface area (Å²) in [5.74, 6) is -0.112. The van der Waals surface area contributed by atoms with Gasteiger partial charge in [0.1, 0.15) is 5.75 Å². The fourth-order valence-electron chi connectivity index (χ4n) is 2.27. The highest BCUT2D eigenvalue weighted by Crippen LogP contribution is 2.29. The van der Waals surface area contributed by atoms with Crippen LogP contribution in [0.2, 0.25) is 0 Å². The molecule has 3 aromatic rings. The van der Waals surface area contributed by atoms with Crippen LogP contribution in [-0.2, 0) is 22.1 Å². The topological polar surface area (TPSA) is 98.6 Å². The van der Waals surface area contributed by atoms with Gasteiger partial charge >= 0.3 is 18.2 Å². The number of anilines is 1. The lowest BCUT2D eigenvalue weighted by atomic mass is 10.2. The zero-order chi connectivity index (χ0) is 22.3. The van der Waals surface area contributed by atoms with Crippen LogP contribution < -0.4 is 10.2 Å². The van der Waals surface area contributed by atoms with Gasteiger partial charge in [0.25, 0.3) is 0 Å². The zero-order valence-corrected chi connectivity index (χ0v) is 16.9. The van der Waals surface area contributed by atoms with Crippen LogP contribution >= 0.6 is 11.3 Å². The number of aromatic nitrogens is 3. The number of esters is 1. The Labute approximate surface area is 178 Å². The van der Waals surface area contributed by atoms with Gasteiger partial charge in [0, 0.05) is 11.6 Å². The standard InChI is InChI=1S/C19H16F3N5O3S/c1-2-29-16(28)9-13-11-31-18(25-13)27-24-10-12-4-3-5-14(8-12)30-17-23-7-6-15(26-17)19(20,21)22/h3-8,10-11H,2,9H2,1H3,(H,25,27). The minimum Gasteiger partial charge on any atom is -0.466 e. The third-order valence-corrected chi connectivity index (χ3v) is 4.34. The van der Waals surface area contributed by atoms with E-state index in [1.165, 1.54) is 17.6 Å². The predicted octanol–water partition coefficient (Wildman–Crippen LogP) is 4.30. The van der Waals surface area contributed by atoms with E-state index in [4.69, 9.17) is 9.47 Å². The quantitative estimate of drug-likeness (QED) is 0.310. The number of ether oxygens (including phenoxy) is 2. The van der Waals surface area contributed by atoms with Crippen molar-refractivity contribution in [2.45, 2.75) is 19.5 Å². The van der Waals surface area contributed by atoms with Crippen LogP contribution in [0.25, 0.3) is 0 Å². The maximum absolute atomic E-state index is 12.8. The number of carbonyl (C=O) groups is 1. The summed E-state index contributed by atoms with van der Waals surface area (Å²) in [6.45, 7) is 2.04. The Hall–Kier alpha value is -3.54. The van der Waals surface area contributed by atoms with Crippen molar-refractivity contribution in [3.63, 3.8) is 0 Å². The molecular formula is C19H16F3N5O3S. The van der Waals surface area contributed by atoms with Crippen molar-refractivity contribution in [3.05, 3.63) is 58.9 Å². The molecule has 0 aliphatic rings. The first-order chi connectivity index (χ1) is 14.8. The molecule has 12 heteroatoms. The zero-order valence-electron chi connectivity index (χ0n) is 16.1. The molecule has 0 bridgehead atoms. The van der Waals surface area contributed by atoms with Crippen molar-refractivity contribution in [1.29, 1.82) is 0 Å². The van der Waals surface area contributed by atoms with E-state index in [2.05, 4.69) is 25.5 Å². The average Bonchev–Trinajstić information content (AvgIpc) is 3.15. The molecule has 0 unspecified atom stereocenters. The highest BCUT2D eigenvalue weighted by molar-refractivity contribution is 7.13. The molecular weight excluding hydrogens is 435 g/mol. The number of nitrogens with one attached hydrogen (secondary N) is 1. The number of hydrogen-bond donors (Lipinski definition) is 1. The number of thiazole rings is 1. The van der Waals surface area contributed by atoms with Crippen molar-refractivity contribution in [3.8, 4) is 11.8 Å². The van der Waals surface area contributed by atoms with Gasteiger partial charge in [0.15, 0.2) is 5.69 Å². The van der Waals surface area contributed by atoms with Crippen LogP contribution in [0.3, 0.4) is 0 Å². The van der Waals surface area contributed by atoms with Crippen LogP contribution in [0.4, 0.5) is 18.3 Å². The van der Waals surface area contributed by atoms with E-state index < -0.39 is 17.9 Å². The maximum Gasteiger partial charge on any atom is 0.433 e. The lowest BCUT2D eigenvalue weighted by molar-refractivity contribution is -0.142. The SMILES string of the molecule is CCOC(=O)Cc1csc(NN=Cc2cccc(Oc3nccc(C(F)(F)F)n3)c2)n1. The van der Waals surface area contributed by atoms with Gasteiger partial charge in [-0.15, -0.1) is 11.3 Å². The monoisotopic (exact) mass is 451 g/mol. The highest BCUT2D eigenvalue weighted by Gasteiger charge is 2.33. The molecule has 0 saturated heterocycles. The molecule has 1 N–H and O–H groups in total. The number of rotatable bonds is 8. The van der Waals surface area contributed by atoms with E-state index in [0.717, 1.165) is 12.3 Å². The van der Waals surface area contributed by atoms with Gasteiger partial charge < -0.3 is 9.47 Å². The molecule has 2 aromatic heterocycles. The maximum atomic E-state index is 12.8. The molecule has 3 rings (SSSR count). The average molecular weight is 451 g/mol. The third kappa shape index (κ3) is 6.74. The number of halogens is 3. The summed E-state index contributed by atoms with van der Waals surface area (Å²) in [6.07, 6.45) is -2.06. The van der Waals surface area contributed by atoms with Crippen molar-refractivity contribution >= 4 is 28.7 Å². The molecule has 8 nitrogen and oxygen atoms in total. The van der Waals surface area contributed by atoms with Crippen molar-refractivity contribution < 1.29 is 27.4 Å². The second kappa shape index (κ2) is 9.98. The van der Waals surface area contributed by atoms with E-state index >= 15 is 0 Å². The van der Waals surface area contributed by atoms with E-state index in [9.17, 15) is 18.0 Å². The third-order valence-electron chi connectivity index (χ3n) is 3.55. The Balaban J connectivity index is 1.60. The molecule has 31 heavy (non-hydrogen) atoms. The summed E-state index contributed by atoms with van der Waals surface area (Å²) in [7, 11) is 0. The molecule has 0 amide bonds. The lowest BCUT2D eigenvalue weighted by Crippen LogP contribution is -2.08. The van der Waals surface area contributed by atoms with Crippen LogP contribution in [0.5, 0.6) is 11.8 Å². The van der Waals surface area contributed by atoms with Gasteiger partial charge in [-0.05, 0) is 30.7 Å². The highest BCUT2D eigenvalue weighted by atomic mass is 32.1. The van der Waals surface area contributed by atoms with Crippen LogP contribution in [-0.4, -0.2) is 33.7 Å². The number of nitrogens with zero attached hydrogens (tertiary/aromatic N) is 4. The normalized spacial score (nSPS) is 11.5. The Bertz CT molecular complexity index is 1070. The molecule has 1 aromatic carbocycles. The first-order valence-corrected chi connectivity index (χ1v) is 9.78. The molecule has 0 saturated carbocycles. The fourth-order valence-corrected chi connectivity index (χ4v) is 2.93. The molecule has 0 fully saturated rings. The molecule has 0 aliphatic heterocycles. The Morgan fingerprint density at radius 2 is 2.13 bits per heavy atom. The number of hydrazone groups is 1. The van der Waals surface area contributed by atoms with Crippen molar-refractivity contribution in [2.75, 3.05) is 12.0 Å². The smallest absolute Gasteiger partial charge is 0.433 e. The molecule has 0 spiro atoms. The van der Waals surface area contributed by atoms with Crippen molar-refractivity contribution in [2.24, 2.45) is 5.10 Å². The fraction of sp³-hybridized carbons (Fsp3) is 0.211. The van der Waals surface area contributed by atoms with E-state index in [1.54, 1.807) is 36.6 Å². The summed E-state index contributed by atoms with van der Waals surface area (Å²) in [5, 5.41) is 6.26. The van der Waals surface area contributed by atoms with Crippen LogP contribution in [0.1, 0.15) is 23.9 Å². The summed E-state index contributed by atoms with van der Waals surface area (Å²) >= 11 is 1.28. The second-order valence-corrected chi connectivity index (χ2v) is 6.75. The summed E-state index contributed by atoms with van der Waals surface area (Å²) in [6, 6.07) is 6.82. The van der Waals surface area contributed by atoms with Gasteiger partial charge in [0.2, 0.25) is 5.13 Å². The predicted molar refractivity (Wildman–Crippen MR) is 107 cm³/mol. The van der Waals surface area contributed by atoms with Gasteiger partial charge in [0.05, 0.1) is 24.9 Å². The summed E-state index contributed by atoms with van der Waals surface area (Å²) < 4.78 is 48.4. The minimum atomic E-state index is -4.59. The van der Waals surface area contributed by atoms with E-state index in [0.29, 0.717) is 23.0 Å². The molecule has 0 radical (unpaired) electrons. The molecule has 162 valence electrons. The lowest BCUT2D eigenvalue weighted by Gasteiger charge is -2.08. The molecule has 0 aliphatic carbocycles. The summed E-state index contributed by atoms with van der Waals surface area (Å²) in [4.78, 5) is 22.7. The van der Waals surface area contributed by atoms with Gasteiger partial charge in [-0.2, -0.15) is 23.3 Å². The van der Waals surface area contributed by atoms with Gasteiger partial charge in [-0.25, -0.2) is 9.97 Å². The number of benzene rings is 1. The number of hydrogen-bond acceptors (Lipinski definition) is 9. The van der Waals surface area contributed by atoms with Crippen LogP contribution in [0.15, 0.2) is 47.0 Å².